The van der Waals surface area contributed by atoms with Gasteiger partial charge < -0.3 is 15.5 Å². The number of benzene rings is 2. The van der Waals surface area contributed by atoms with Crippen molar-refractivity contribution in [2.24, 2.45) is 0 Å². The van der Waals surface area contributed by atoms with Gasteiger partial charge in [-0.2, -0.15) is 0 Å². The number of quaternary nitrogens is 1. The number of carbonyl (C=O) groups excluding carboxylic acids is 2. The lowest BCUT2D eigenvalue weighted by atomic mass is 10.0. The van der Waals surface area contributed by atoms with Crippen LogP contribution in [0.5, 0.6) is 0 Å². The van der Waals surface area contributed by atoms with Crippen LogP contribution in [0.1, 0.15) is 24.9 Å². The van der Waals surface area contributed by atoms with E-state index in [1.807, 2.05) is 44.3 Å². The molecule has 0 aliphatic rings. The average molecular weight is 409 g/mol. The van der Waals surface area contributed by atoms with E-state index in [0.717, 1.165) is 16.9 Å². The predicted molar refractivity (Wildman–Crippen MR) is 109 cm³/mol. The van der Waals surface area contributed by atoms with Crippen LogP contribution in [0.4, 0.5) is 5.69 Å². The van der Waals surface area contributed by atoms with E-state index >= 15 is 0 Å². The van der Waals surface area contributed by atoms with Gasteiger partial charge >= 0.3 is 0 Å². The molecule has 2 aromatic carbocycles. The standard InChI is InChI=1S/C20H23Cl2N3O2/c1-3-9-23-18(26)13-25(2)19(14-7-5-4-6-8-14)20(27)24-17-11-15(21)10-16(22)12-17/h4-8,10-12,19H,3,9,13H2,1-2H3,(H,23,26)(H,24,27)/p+1/t19-/m1/s1. The Labute approximate surface area is 169 Å². The van der Waals surface area contributed by atoms with Crippen LogP contribution in [0.25, 0.3) is 0 Å². The number of carbonyl (C=O) groups is 2. The van der Waals surface area contributed by atoms with Crippen LogP contribution in [0, 0.1) is 0 Å². The number of likely N-dealkylation sites (N-methyl/N-ethyl adjacent to an activating group) is 1. The second-order valence-electron chi connectivity index (χ2n) is 6.36. The first-order valence-corrected chi connectivity index (χ1v) is 9.57. The van der Waals surface area contributed by atoms with Gasteiger partial charge in [0, 0.05) is 27.8 Å². The average Bonchev–Trinajstić information content (AvgIpc) is 2.60. The topological polar surface area (TPSA) is 62.6 Å². The number of hydrogen-bond donors (Lipinski definition) is 3. The molecule has 2 atom stereocenters. The fourth-order valence-corrected chi connectivity index (χ4v) is 3.35. The first-order valence-electron chi connectivity index (χ1n) is 8.81. The zero-order chi connectivity index (χ0) is 19.8. The second-order valence-corrected chi connectivity index (χ2v) is 7.24. The Morgan fingerprint density at radius 1 is 1.07 bits per heavy atom. The van der Waals surface area contributed by atoms with E-state index in [0.29, 0.717) is 22.3 Å². The molecule has 0 spiro atoms. The third kappa shape index (κ3) is 6.54. The second kappa shape index (κ2) is 10.3. The van der Waals surface area contributed by atoms with Crippen molar-refractivity contribution in [1.82, 2.24) is 5.32 Å². The quantitative estimate of drug-likeness (QED) is 0.628. The van der Waals surface area contributed by atoms with Gasteiger partial charge in [-0.3, -0.25) is 9.59 Å². The Hall–Kier alpha value is -2.08. The summed E-state index contributed by atoms with van der Waals surface area (Å²) in [6.07, 6.45) is 0.864. The summed E-state index contributed by atoms with van der Waals surface area (Å²) in [6, 6.07) is 13.7. The van der Waals surface area contributed by atoms with Gasteiger partial charge in [-0.15, -0.1) is 0 Å². The molecule has 0 bridgehead atoms. The molecular weight excluding hydrogens is 385 g/mol. The Bertz CT molecular complexity index is 764. The SMILES string of the molecule is CCCNC(=O)C[NH+](C)[C@@H](C(=O)Nc1cc(Cl)cc(Cl)c1)c1ccccc1. The summed E-state index contributed by atoms with van der Waals surface area (Å²) in [6.45, 7) is 2.80. The highest BCUT2D eigenvalue weighted by Crippen LogP contribution is 2.23. The molecule has 0 heterocycles. The summed E-state index contributed by atoms with van der Waals surface area (Å²) in [5, 5.41) is 6.58. The predicted octanol–water partition coefficient (Wildman–Crippen LogP) is 2.71. The van der Waals surface area contributed by atoms with Crippen molar-refractivity contribution in [3.8, 4) is 0 Å². The molecule has 27 heavy (non-hydrogen) atoms. The summed E-state index contributed by atoms with van der Waals surface area (Å²) in [5.41, 5.74) is 1.34. The van der Waals surface area contributed by atoms with E-state index in [1.54, 1.807) is 18.2 Å². The molecule has 144 valence electrons. The Kier molecular flexibility index (Phi) is 8.10. The summed E-state index contributed by atoms with van der Waals surface area (Å²) < 4.78 is 0. The van der Waals surface area contributed by atoms with Crippen LogP contribution in [-0.4, -0.2) is 32.0 Å². The largest absolute Gasteiger partial charge is 0.351 e. The van der Waals surface area contributed by atoms with E-state index in [4.69, 9.17) is 23.2 Å². The van der Waals surface area contributed by atoms with Gasteiger partial charge in [-0.1, -0.05) is 60.5 Å². The molecular formula is C20H24Cl2N3O2+. The maximum absolute atomic E-state index is 13.0. The molecule has 0 saturated heterocycles. The minimum absolute atomic E-state index is 0.0890. The molecule has 2 aromatic rings. The van der Waals surface area contributed by atoms with Crippen molar-refractivity contribution in [3.05, 3.63) is 64.1 Å². The van der Waals surface area contributed by atoms with Crippen molar-refractivity contribution >= 4 is 40.7 Å². The maximum Gasteiger partial charge on any atom is 0.287 e. The van der Waals surface area contributed by atoms with Crippen molar-refractivity contribution in [2.75, 3.05) is 25.5 Å². The molecule has 1 unspecified atom stereocenters. The number of amides is 2. The Balaban J connectivity index is 2.21. The fourth-order valence-electron chi connectivity index (χ4n) is 2.83. The number of hydrogen-bond acceptors (Lipinski definition) is 2. The van der Waals surface area contributed by atoms with Gasteiger partial charge in [0.05, 0.1) is 7.05 Å². The van der Waals surface area contributed by atoms with Crippen molar-refractivity contribution in [3.63, 3.8) is 0 Å². The Morgan fingerprint density at radius 2 is 1.70 bits per heavy atom. The van der Waals surface area contributed by atoms with E-state index in [9.17, 15) is 9.59 Å². The zero-order valence-electron chi connectivity index (χ0n) is 15.4. The van der Waals surface area contributed by atoms with E-state index < -0.39 is 6.04 Å². The molecule has 5 nitrogen and oxygen atoms in total. The minimum atomic E-state index is -0.559. The van der Waals surface area contributed by atoms with E-state index in [1.165, 1.54) is 0 Å². The molecule has 0 saturated carbocycles. The van der Waals surface area contributed by atoms with Crippen molar-refractivity contribution in [1.29, 1.82) is 0 Å². The highest BCUT2D eigenvalue weighted by molar-refractivity contribution is 6.35. The first kappa shape index (κ1) is 21.2. The number of rotatable bonds is 8. The molecule has 0 aliphatic heterocycles. The normalized spacial score (nSPS) is 12.9. The van der Waals surface area contributed by atoms with E-state index in [-0.39, 0.29) is 18.4 Å². The van der Waals surface area contributed by atoms with Gasteiger partial charge in [0.2, 0.25) is 0 Å². The van der Waals surface area contributed by atoms with Gasteiger partial charge in [0.1, 0.15) is 0 Å². The molecule has 2 amide bonds. The number of halogens is 2. The number of nitrogens with one attached hydrogen (secondary N) is 3. The van der Waals surface area contributed by atoms with Crippen LogP contribution >= 0.6 is 23.2 Å². The van der Waals surface area contributed by atoms with Crippen LogP contribution in [0.2, 0.25) is 10.0 Å². The molecule has 0 fully saturated rings. The lowest BCUT2D eigenvalue weighted by Crippen LogP contribution is -3.11. The molecule has 7 heteroatoms. The maximum atomic E-state index is 13.0. The number of anilines is 1. The lowest BCUT2D eigenvalue weighted by molar-refractivity contribution is -0.894. The zero-order valence-corrected chi connectivity index (χ0v) is 16.9. The highest BCUT2D eigenvalue weighted by Gasteiger charge is 2.30. The van der Waals surface area contributed by atoms with E-state index in [2.05, 4.69) is 10.6 Å². The van der Waals surface area contributed by atoms with Gasteiger partial charge in [-0.25, -0.2) is 0 Å². The minimum Gasteiger partial charge on any atom is -0.351 e. The van der Waals surface area contributed by atoms with Crippen LogP contribution in [-0.2, 0) is 9.59 Å². The fraction of sp³-hybridized carbons (Fsp3) is 0.300. The van der Waals surface area contributed by atoms with Gasteiger partial charge in [0.25, 0.3) is 11.8 Å². The lowest BCUT2D eigenvalue weighted by Gasteiger charge is -2.24. The summed E-state index contributed by atoms with van der Waals surface area (Å²) in [4.78, 5) is 25.9. The first-order chi connectivity index (χ1) is 12.9. The third-order valence-corrected chi connectivity index (χ3v) is 4.47. The van der Waals surface area contributed by atoms with Crippen LogP contribution in [0.3, 0.4) is 0 Å². The van der Waals surface area contributed by atoms with Crippen LogP contribution < -0.4 is 15.5 Å². The van der Waals surface area contributed by atoms with Crippen LogP contribution in [0.15, 0.2) is 48.5 Å². The third-order valence-electron chi connectivity index (χ3n) is 4.03. The molecule has 2 rings (SSSR count). The summed E-state index contributed by atoms with van der Waals surface area (Å²) in [5.74, 6) is -0.325. The van der Waals surface area contributed by atoms with Crippen molar-refractivity contribution < 1.29 is 14.5 Å². The highest BCUT2D eigenvalue weighted by atomic mass is 35.5. The molecule has 0 aromatic heterocycles. The van der Waals surface area contributed by atoms with Gasteiger partial charge in [-0.05, 0) is 24.6 Å². The molecule has 3 N–H and O–H groups in total. The molecule has 0 aliphatic carbocycles. The Morgan fingerprint density at radius 3 is 2.30 bits per heavy atom. The smallest absolute Gasteiger partial charge is 0.287 e. The van der Waals surface area contributed by atoms with Crippen molar-refractivity contribution in [2.45, 2.75) is 19.4 Å². The van der Waals surface area contributed by atoms with Gasteiger partial charge in [0.15, 0.2) is 12.6 Å². The summed E-state index contributed by atoms with van der Waals surface area (Å²) in [7, 11) is 1.83. The monoisotopic (exact) mass is 408 g/mol. The molecule has 0 radical (unpaired) electrons. The summed E-state index contributed by atoms with van der Waals surface area (Å²) >= 11 is 12.0.